The molecule has 3 rings (SSSR count). The van der Waals surface area contributed by atoms with Crippen molar-refractivity contribution in [3.8, 4) is 5.75 Å². The van der Waals surface area contributed by atoms with Gasteiger partial charge in [0.05, 0.1) is 12.0 Å². The third-order valence-corrected chi connectivity index (χ3v) is 3.61. The molecule has 0 atom stereocenters. The molecular weight excluding hydrogens is 314 g/mol. The van der Waals surface area contributed by atoms with Crippen LogP contribution in [-0.4, -0.2) is 12.0 Å². The number of benzene rings is 2. The third-order valence-electron chi connectivity index (χ3n) is 2.95. The fraction of sp³-hybridized carbons (Fsp3) is 0.0769. The highest BCUT2D eigenvalue weighted by atomic mass is 79.9. The topological polar surface area (TPSA) is 65.5 Å². The van der Waals surface area contributed by atoms with Crippen LogP contribution in [0.2, 0.25) is 0 Å². The van der Waals surface area contributed by atoms with Crippen LogP contribution in [0.3, 0.4) is 0 Å². The van der Waals surface area contributed by atoms with Crippen LogP contribution in [-0.2, 0) is 0 Å². The van der Waals surface area contributed by atoms with Crippen molar-refractivity contribution in [3.63, 3.8) is 0 Å². The Bertz CT molecular complexity index is 809. The van der Waals surface area contributed by atoms with Crippen molar-refractivity contribution < 1.29 is 14.1 Å². The molecule has 0 spiro atoms. The molecule has 0 aliphatic rings. The van der Waals surface area contributed by atoms with Gasteiger partial charge < -0.3 is 9.15 Å². The molecule has 0 fully saturated rings. The summed E-state index contributed by atoms with van der Waals surface area (Å²) in [6.07, 6.45) is 0. The van der Waals surface area contributed by atoms with Crippen LogP contribution < -0.4 is 4.74 Å². The summed E-state index contributed by atoms with van der Waals surface area (Å²) >= 11 is 3.44. The van der Waals surface area contributed by atoms with E-state index in [1.165, 1.54) is 12.1 Å². The molecule has 0 saturated carbocycles. The summed E-state index contributed by atoms with van der Waals surface area (Å²) in [5, 5.41) is 12.3. The van der Waals surface area contributed by atoms with Gasteiger partial charge in [0.2, 0.25) is 0 Å². The Morgan fingerprint density at radius 3 is 2.79 bits per heavy atom. The molecule has 1 aromatic heterocycles. The number of methoxy groups -OCH3 is 1. The number of nitrogens with zero attached hydrogens (tertiary/aromatic N) is 1. The van der Waals surface area contributed by atoms with Gasteiger partial charge in [0.15, 0.2) is 11.3 Å². The first kappa shape index (κ1) is 12.0. The number of non-ortho nitro benzene ring substituents is 1. The van der Waals surface area contributed by atoms with Crippen LogP contribution in [0.4, 0.5) is 5.69 Å². The Kier molecular flexibility index (Phi) is 2.67. The van der Waals surface area contributed by atoms with Crippen LogP contribution in [0.1, 0.15) is 0 Å². The number of furan rings is 1. The zero-order valence-corrected chi connectivity index (χ0v) is 11.4. The molecule has 3 aromatic rings. The second kappa shape index (κ2) is 4.24. The van der Waals surface area contributed by atoms with E-state index in [1.54, 1.807) is 19.2 Å². The van der Waals surface area contributed by atoms with Gasteiger partial charge >= 0.3 is 0 Å². The minimum Gasteiger partial charge on any atom is -0.493 e. The first-order valence-electron chi connectivity index (χ1n) is 5.45. The molecule has 0 N–H and O–H groups in total. The molecule has 1 heterocycles. The fourth-order valence-electron chi connectivity index (χ4n) is 2.08. The van der Waals surface area contributed by atoms with Crippen LogP contribution in [0.25, 0.3) is 21.9 Å². The molecule has 0 unspecified atom stereocenters. The molecule has 0 radical (unpaired) electrons. The number of hydrogen-bond donors (Lipinski definition) is 0. The second-order valence-corrected chi connectivity index (χ2v) is 4.85. The van der Waals surface area contributed by atoms with Crippen molar-refractivity contribution in [3.05, 3.63) is 44.9 Å². The van der Waals surface area contributed by atoms with Crippen LogP contribution in [0, 0.1) is 10.1 Å². The fourth-order valence-corrected chi connectivity index (χ4v) is 2.60. The highest BCUT2D eigenvalue weighted by Crippen LogP contribution is 2.40. The summed E-state index contributed by atoms with van der Waals surface area (Å²) in [4.78, 5) is 10.4. The number of hydrogen-bond acceptors (Lipinski definition) is 4. The summed E-state index contributed by atoms with van der Waals surface area (Å²) in [5.74, 6) is 0.594. The average molecular weight is 322 g/mol. The van der Waals surface area contributed by atoms with E-state index in [-0.39, 0.29) is 5.69 Å². The van der Waals surface area contributed by atoms with E-state index in [2.05, 4.69) is 15.9 Å². The van der Waals surface area contributed by atoms with E-state index < -0.39 is 4.92 Å². The maximum Gasteiger partial charge on any atom is 0.270 e. The number of ether oxygens (including phenoxy) is 1. The van der Waals surface area contributed by atoms with Gasteiger partial charge in [-0.05, 0) is 18.2 Å². The minimum atomic E-state index is -0.424. The third kappa shape index (κ3) is 1.76. The van der Waals surface area contributed by atoms with Crippen molar-refractivity contribution in [2.45, 2.75) is 0 Å². The van der Waals surface area contributed by atoms with E-state index >= 15 is 0 Å². The Morgan fingerprint density at radius 1 is 1.32 bits per heavy atom. The van der Waals surface area contributed by atoms with Crippen molar-refractivity contribution in [1.82, 2.24) is 0 Å². The zero-order chi connectivity index (χ0) is 13.6. The van der Waals surface area contributed by atoms with Gasteiger partial charge in [0.25, 0.3) is 5.69 Å². The number of fused-ring (bicyclic) bond motifs is 3. The molecule has 0 aliphatic heterocycles. The van der Waals surface area contributed by atoms with Crippen LogP contribution in [0.5, 0.6) is 5.75 Å². The average Bonchev–Trinajstić information content (AvgIpc) is 2.78. The van der Waals surface area contributed by atoms with E-state index in [9.17, 15) is 10.1 Å². The summed E-state index contributed by atoms with van der Waals surface area (Å²) < 4.78 is 11.8. The Morgan fingerprint density at radius 2 is 2.11 bits per heavy atom. The molecular formula is C13H8BrNO4. The summed E-state index contributed by atoms with van der Waals surface area (Å²) in [5.41, 5.74) is 1.20. The van der Waals surface area contributed by atoms with Crippen molar-refractivity contribution >= 4 is 43.6 Å². The molecule has 96 valence electrons. The Hall–Kier alpha value is -2.08. The van der Waals surface area contributed by atoms with Crippen molar-refractivity contribution in [2.75, 3.05) is 7.11 Å². The van der Waals surface area contributed by atoms with E-state index in [0.717, 1.165) is 9.86 Å². The molecule has 0 aliphatic carbocycles. The highest BCUT2D eigenvalue weighted by molar-refractivity contribution is 9.10. The predicted octanol–water partition coefficient (Wildman–Crippen LogP) is 4.27. The zero-order valence-electron chi connectivity index (χ0n) is 9.84. The second-order valence-electron chi connectivity index (χ2n) is 3.99. The molecule has 0 amide bonds. The lowest BCUT2D eigenvalue weighted by atomic mass is 10.1. The van der Waals surface area contributed by atoms with Crippen molar-refractivity contribution in [1.29, 1.82) is 0 Å². The molecule has 2 aromatic carbocycles. The molecule has 0 saturated heterocycles. The summed E-state index contributed by atoms with van der Waals surface area (Å²) in [6, 6.07) is 8.13. The number of rotatable bonds is 2. The Balaban J connectivity index is 2.47. The molecule has 19 heavy (non-hydrogen) atoms. The summed E-state index contributed by atoms with van der Waals surface area (Å²) in [7, 11) is 1.55. The molecule has 5 nitrogen and oxygen atoms in total. The van der Waals surface area contributed by atoms with Gasteiger partial charge in [-0.2, -0.15) is 0 Å². The minimum absolute atomic E-state index is 0.0323. The van der Waals surface area contributed by atoms with Gasteiger partial charge in [-0.3, -0.25) is 10.1 Å². The first-order valence-corrected chi connectivity index (χ1v) is 6.24. The van der Waals surface area contributed by atoms with E-state index in [4.69, 9.17) is 9.15 Å². The van der Waals surface area contributed by atoms with Crippen molar-refractivity contribution in [2.24, 2.45) is 0 Å². The lowest BCUT2D eigenvalue weighted by molar-refractivity contribution is -0.384. The van der Waals surface area contributed by atoms with Crippen LogP contribution in [0.15, 0.2) is 39.2 Å². The predicted molar refractivity (Wildman–Crippen MR) is 74.6 cm³/mol. The van der Waals surface area contributed by atoms with Crippen LogP contribution >= 0.6 is 15.9 Å². The smallest absolute Gasteiger partial charge is 0.270 e. The van der Waals surface area contributed by atoms with Gasteiger partial charge in [-0.25, -0.2) is 0 Å². The van der Waals surface area contributed by atoms with Gasteiger partial charge in [0.1, 0.15) is 5.58 Å². The van der Waals surface area contributed by atoms with Gasteiger partial charge in [-0.1, -0.05) is 15.9 Å². The van der Waals surface area contributed by atoms with E-state index in [0.29, 0.717) is 22.3 Å². The van der Waals surface area contributed by atoms with Gasteiger partial charge in [-0.15, -0.1) is 0 Å². The monoisotopic (exact) mass is 321 g/mol. The maximum absolute atomic E-state index is 10.8. The largest absolute Gasteiger partial charge is 0.493 e. The first-order chi connectivity index (χ1) is 9.11. The molecule has 0 bridgehead atoms. The lowest BCUT2D eigenvalue weighted by Gasteiger charge is -2.00. The van der Waals surface area contributed by atoms with Gasteiger partial charge in [0, 0.05) is 27.4 Å². The number of nitro benzene ring substituents is 1. The lowest BCUT2D eigenvalue weighted by Crippen LogP contribution is -1.86. The summed E-state index contributed by atoms with van der Waals surface area (Å²) in [6.45, 7) is 0. The quantitative estimate of drug-likeness (QED) is 0.522. The highest BCUT2D eigenvalue weighted by Gasteiger charge is 2.17. The Labute approximate surface area is 116 Å². The number of nitro groups is 1. The number of halogens is 1. The van der Waals surface area contributed by atoms with E-state index in [1.807, 2.05) is 6.07 Å². The standard InChI is InChI=1S/C13H8BrNO4/c1-18-11-5-3-9(14)12-8-6-7(15(16)17)2-4-10(8)19-13(11)12/h2-6H,1H3. The normalized spacial score (nSPS) is 11.1. The molecule has 6 heteroatoms. The SMILES string of the molecule is COc1ccc(Br)c2c1oc1ccc([N+](=O)[O-])cc12. The maximum atomic E-state index is 10.8.